The minimum Gasteiger partial charge on any atom is -0.282 e. The number of hydrogen-bond acceptors (Lipinski definition) is 2. The molecule has 2 heterocycles. The molecule has 0 fully saturated rings. The first-order chi connectivity index (χ1) is 13.3. The van der Waals surface area contributed by atoms with Crippen LogP contribution in [-0.4, -0.2) is 11.2 Å². The molecule has 4 rings (SSSR count). The number of aliphatic imine (C=N–C) groups is 1. The lowest BCUT2D eigenvalue weighted by Crippen LogP contribution is -2.21. The van der Waals surface area contributed by atoms with E-state index in [2.05, 4.69) is 86.7 Å². The lowest BCUT2D eigenvalue weighted by Gasteiger charge is -2.32. The van der Waals surface area contributed by atoms with Crippen molar-refractivity contribution in [1.29, 1.82) is 0 Å². The first-order valence-electron chi connectivity index (χ1n) is 9.61. The van der Waals surface area contributed by atoms with Crippen molar-refractivity contribution < 1.29 is 0 Å². The minimum absolute atomic E-state index is 0.0502. The van der Waals surface area contributed by atoms with E-state index in [9.17, 15) is 0 Å². The van der Waals surface area contributed by atoms with E-state index in [0.29, 0.717) is 0 Å². The highest BCUT2D eigenvalue weighted by molar-refractivity contribution is 5.81. The molecule has 0 bridgehead atoms. The van der Waals surface area contributed by atoms with Crippen LogP contribution in [0.5, 0.6) is 0 Å². The molecule has 0 spiro atoms. The molecule has 0 saturated carbocycles. The van der Waals surface area contributed by atoms with Crippen LogP contribution in [-0.2, 0) is 0 Å². The fourth-order valence-electron chi connectivity index (χ4n) is 3.96. The highest BCUT2D eigenvalue weighted by Crippen LogP contribution is 2.44. The zero-order valence-corrected chi connectivity index (χ0v) is 15.8. The number of rotatable bonds is 4. The summed E-state index contributed by atoms with van der Waals surface area (Å²) in [7, 11) is 0. The standard InChI is InChI=1S/C25H24N2/c1-3-5-9-18(4-2)20-14-16-26-24-22(20)12-13-23-21(15-17-27-25(23)24)19-10-7-6-8-11-19/h3,5-17,22,24H,4H2,1-2H3/b5-3-,18-9+. The van der Waals surface area contributed by atoms with Crippen molar-refractivity contribution in [2.75, 3.05) is 0 Å². The van der Waals surface area contributed by atoms with Crippen LogP contribution in [0.4, 0.5) is 0 Å². The van der Waals surface area contributed by atoms with Gasteiger partial charge in [-0.25, -0.2) is 0 Å². The van der Waals surface area contributed by atoms with Gasteiger partial charge in [-0.15, -0.1) is 0 Å². The van der Waals surface area contributed by atoms with E-state index in [-0.39, 0.29) is 12.0 Å². The summed E-state index contributed by atoms with van der Waals surface area (Å²) in [6.45, 7) is 4.26. The lowest BCUT2D eigenvalue weighted by atomic mass is 9.77. The molecule has 2 heteroatoms. The Hall–Kier alpha value is -3.00. The van der Waals surface area contributed by atoms with Gasteiger partial charge in [0.15, 0.2) is 0 Å². The monoisotopic (exact) mass is 352 g/mol. The van der Waals surface area contributed by atoms with Crippen molar-refractivity contribution in [3.8, 4) is 11.1 Å². The van der Waals surface area contributed by atoms with Gasteiger partial charge < -0.3 is 0 Å². The summed E-state index contributed by atoms with van der Waals surface area (Å²) in [6.07, 6.45) is 18.0. The fourth-order valence-corrected chi connectivity index (χ4v) is 3.96. The Bertz CT molecular complexity index is 975. The number of pyridine rings is 1. The number of benzene rings is 1. The second-order valence-electron chi connectivity index (χ2n) is 6.84. The molecule has 0 saturated heterocycles. The van der Waals surface area contributed by atoms with E-state index in [1.807, 2.05) is 12.4 Å². The summed E-state index contributed by atoms with van der Waals surface area (Å²) >= 11 is 0. The van der Waals surface area contributed by atoms with Crippen molar-refractivity contribution in [1.82, 2.24) is 4.98 Å². The normalized spacial score (nSPS) is 21.1. The molecule has 2 nitrogen and oxygen atoms in total. The molecule has 0 amide bonds. The van der Waals surface area contributed by atoms with Gasteiger partial charge in [0, 0.05) is 23.9 Å². The molecule has 134 valence electrons. The molecule has 0 radical (unpaired) electrons. The molecule has 1 aromatic heterocycles. The molecule has 1 aliphatic heterocycles. The van der Waals surface area contributed by atoms with Crippen molar-refractivity contribution in [2.24, 2.45) is 10.9 Å². The van der Waals surface area contributed by atoms with Gasteiger partial charge >= 0.3 is 0 Å². The van der Waals surface area contributed by atoms with Gasteiger partial charge in [0.2, 0.25) is 0 Å². The van der Waals surface area contributed by atoms with Crippen molar-refractivity contribution in [2.45, 2.75) is 26.3 Å². The molecule has 1 aliphatic carbocycles. The number of dihydropyridines is 1. The minimum atomic E-state index is 0.0502. The molecule has 2 unspecified atom stereocenters. The van der Waals surface area contributed by atoms with Gasteiger partial charge in [-0.1, -0.05) is 67.6 Å². The summed E-state index contributed by atoms with van der Waals surface area (Å²) in [5.41, 5.74) is 7.43. The quantitative estimate of drug-likeness (QED) is 0.588. The summed E-state index contributed by atoms with van der Waals surface area (Å²) in [6, 6.07) is 12.7. The van der Waals surface area contributed by atoms with Crippen molar-refractivity contribution >= 4 is 12.3 Å². The fraction of sp³-hybridized carbons (Fsp3) is 0.200. The first kappa shape index (κ1) is 17.4. The maximum atomic E-state index is 4.81. The Labute approximate surface area is 161 Å². The topological polar surface area (TPSA) is 25.2 Å². The van der Waals surface area contributed by atoms with Gasteiger partial charge in [0.25, 0.3) is 0 Å². The summed E-state index contributed by atoms with van der Waals surface area (Å²) in [4.78, 5) is 9.56. The molecule has 0 N–H and O–H groups in total. The van der Waals surface area contributed by atoms with Crippen LogP contribution in [0.15, 0.2) is 89.1 Å². The van der Waals surface area contributed by atoms with Gasteiger partial charge in [0.1, 0.15) is 6.04 Å². The summed E-state index contributed by atoms with van der Waals surface area (Å²) in [5, 5.41) is 0. The van der Waals surface area contributed by atoms with E-state index in [4.69, 9.17) is 9.98 Å². The van der Waals surface area contributed by atoms with Crippen LogP contribution < -0.4 is 0 Å². The Balaban J connectivity index is 1.77. The van der Waals surface area contributed by atoms with Crippen molar-refractivity contribution in [3.63, 3.8) is 0 Å². The summed E-state index contributed by atoms with van der Waals surface area (Å²) in [5.74, 6) is 0.248. The third kappa shape index (κ3) is 3.23. The SMILES string of the molecule is C/C=C\C=C(/CC)C1=CC=NC2c3nccc(-c4ccccc4)c3C=CC12. The Kier molecular flexibility index (Phi) is 4.97. The van der Waals surface area contributed by atoms with Gasteiger partial charge in [-0.05, 0) is 47.8 Å². The smallest absolute Gasteiger partial charge is 0.103 e. The van der Waals surface area contributed by atoms with E-state index in [1.54, 1.807) is 0 Å². The highest BCUT2D eigenvalue weighted by atomic mass is 14.9. The Morgan fingerprint density at radius 2 is 2.00 bits per heavy atom. The highest BCUT2D eigenvalue weighted by Gasteiger charge is 2.33. The molecule has 2 aliphatic rings. The number of fused-ring (bicyclic) bond motifs is 3. The van der Waals surface area contributed by atoms with Crippen LogP contribution in [0.2, 0.25) is 0 Å². The maximum absolute atomic E-state index is 4.81. The van der Waals surface area contributed by atoms with E-state index < -0.39 is 0 Å². The summed E-state index contributed by atoms with van der Waals surface area (Å²) < 4.78 is 0. The van der Waals surface area contributed by atoms with Crippen LogP contribution in [0, 0.1) is 5.92 Å². The van der Waals surface area contributed by atoms with Crippen LogP contribution in [0.3, 0.4) is 0 Å². The Morgan fingerprint density at radius 3 is 2.78 bits per heavy atom. The van der Waals surface area contributed by atoms with Crippen molar-refractivity contribution in [3.05, 3.63) is 95.4 Å². The zero-order valence-electron chi connectivity index (χ0n) is 15.8. The van der Waals surface area contributed by atoms with E-state index >= 15 is 0 Å². The molecule has 1 aromatic carbocycles. The van der Waals surface area contributed by atoms with Gasteiger partial charge in [-0.2, -0.15) is 0 Å². The molecule has 2 aromatic rings. The van der Waals surface area contributed by atoms with Gasteiger partial charge in [-0.3, -0.25) is 9.98 Å². The largest absolute Gasteiger partial charge is 0.282 e. The molecule has 2 atom stereocenters. The average Bonchev–Trinajstić information content (AvgIpc) is 2.74. The molecule has 27 heavy (non-hydrogen) atoms. The number of nitrogens with zero attached hydrogens (tertiary/aromatic N) is 2. The predicted octanol–water partition coefficient (Wildman–Crippen LogP) is 6.36. The van der Waals surface area contributed by atoms with Crippen LogP contribution >= 0.6 is 0 Å². The second kappa shape index (κ2) is 7.71. The van der Waals surface area contributed by atoms with E-state index in [1.165, 1.54) is 27.8 Å². The second-order valence-corrected chi connectivity index (χ2v) is 6.84. The van der Waals surface area contributed by atoms with E-state index in [0.717, 1.165) is 12.1 Å². The van der Waals surface area contributed by atoms with Crippen LogP contribution in [0.25, 0.3) is 17.2 Å². The maximum Gasteiger partial charge on any atom is 0.103 e. The number of aromatic nitrogens is 1. The third-order valence-electron chi connectivity index (χ3n) is 5.30. The van der Waals surface area contributed by atoms with Gasteiger partial charge in [0.05, 0.1) is 5.69 Å². The molecular weight excluding hydrogens is 328 g/mol. The number of allylic oxidation sites excluding steroid dienone is 5. The molecular formula is C25H24N2. The zero-order chi connectivity index (χ0) is 18.6. The lowest BCUT2D eigenvalue weighted by molar-refractivity contribution is 0.569. The first-order valence-corrected chi connectivity index (χ1v) is 9.61. The third-order valence-corrected chi connectivity index (χ3v) is 5.30. The average molecular weight is 352 g/mol. The van der Waals surface area contributed by atoms with Crippen LogP contribution in [0.1, 0.15) is 37.6 Å². The predicted molar refractivity (Wildman–Crippen MR) is 115 cm³/mol. The Morgan fingerprint density at radius 1 is 1.15 bits per heavy atom. The number of hydrogen-bond donors (Lipinski definition) is 0.